The summed E-state index contributed by atoms with van der Waals surface area (Å²) < 4.78 is 4.66. The summed E-state index contributed by atoms with van der Waals surface area (Å²) in [4.78, 5) is 26.9. The zero-order valence-corrected chi connectivity index (χ0v) is 13.6. The highest BCUT2D eigenvalue weighted by atomic mass is 32.1. The standard InChI is InChI=1S/C18H17NO3S/c1-22-18(21)14-5-2-13(3-6-14)4-7-17(20)19-10-8-16-15(12-19)9-11-23-16/h2-7,9,11H,8,10,12H2,1H3. The largest absolute Gasteiger partial charge is 0.465 e. The molecule has 0 fully saturated rings. The topological polar surface area (TPSA) is 46.6 Å². The number of carbonyl (C=O) groups is 2. The lowest BCUT2D eigenvalue weighted by atomic mass is 10.1. The van der Waals surface area contributed by atoms with Gasteiger partial charge in [-0.2, -0.15) is 0 Å². The Kier molecular flexibility index (Phi) is 4.57. The molecule has 0 radical (unpaired) electrons. The van der Waals surface area contributed by atoms with E-state index in [1.807, 2.05) is 4.90 Å². The fraction of sp³-hybridized carbons (Fsp3) is 0.222. The van der Waals surface area contributed by atoms with E-state index in [4.69, 9.17) is 0 Å². The summed E-state index contributed by atoms with van der Waals surface area (Å²) in [6.45, 7) is 1.45. The Bertz CT molecular complexity index is 746. The van der Waals surface area contributed by atoms with Gasteiger partial charge in [0, 0.05) is 24.0 Å². The van der Waals surface area contributed by atoms with Gasteiger partial charge >= 0.3 is 5.97 Å². The Morgan fingerprint density at radius 3 is 2.74 bits per heavy atom. The first-order chi connectivity index (χ1) is 11.2. The van der Waals surface area contributed by atoms with Crippen molar-refractivity contribution in [1.82, 2.24) is 4.90 Å². The van der Waals surface area contributed by atoms with Crippen LogP contribution in [0.4, 0.5) is 0 Å². The van der Waals surface area contributed by atoms with Crippen molar-refractivity contribution >= 4 is 29.3 Å². The molecule has 2 heterocycles. The van der Waals surface area contributed by atoms with Gasteiger partial charge in [-0.05, 0) is 47.2 Å². The van der Waals surface area contributed by atoms with Gasteiger partial charge in [-0.1, -0.05) is 12.1 Å². The van der Waals surface area contributed by atoms with Crippen LogP contribution in [0.3, 0.4) is 0 Å². The highest BCUT2D eigenvalue weighted by Gasteiger charge is 2.19. The van der Waals surface area contributed by atoms with Gasteiger partial charge in [0.25, 0.3) is 0 Å². The molecule has 5 heteroatoms. The van der Waals surface area contributed by atoms with Crippen molar-refractivity contribution in [3.8, 4) is 0 Å². The maximum atomic E-state index is 12.3. The molecular weight excluding hydrogens is 310 g/mol. The normalized spacial score (nSPS) is 13.9. The fourth-order valence-electron chi connectivity index (χ4n) is 2.56. The van der Waals surface area contributed by atoms with Crippen LogP contribution in [0.2, 0.25) is 0 Å². The average molecular weight is 327 g/mol. The second kappa shape index (κ2) is 6.79. The van der Waals surface area contributed by atoms with Crippen LogP contribution >= 0.6 is 11.3 Å². The molecule has 0 spiro atoms. The van der Waals surface area contributed by atoms with Crippen LogP contribution in [0, 0.1) is 0 Å². The van der Waals surface area contributed by atoms with Gasteiger partial charge in [-0.3, -0.25) is 4.79 Å². The molecule has 4 nitrogen and oxygen atoms in total. The van der Waals surface area contributed by atoms with E-state index in [0.29, 0.717) is 12.1 Å². The van der Waals surface area contributed by atoms with E-state index in [1.165, 1.54) is 17.6 Å². The number of hydrogen-bond donors (Lipinski definition) is 0. The van der Waals surface area contributed by atoms with E-state index in [1.54, 1.807) is 47.8 Å². The van der Waals surface area contributed by atoms with Gasteiger partial charge in [0.2, 0.25) is 5.91 Å². The highest BCUT2D eigenvalue weighted by Crippen LogP contribution is 2.24. The first kappa shape index (κ1) is 15.5. The van der Waals surface area contributed by atoms with Gasteiger partial charge in [0.15, 0.2) is 0 Å². The highest BCUT2D eigenvalue weighted by molar-refractivity contribution is 7.10. The fourth-order valence-corrected chi connectivity index (χ4v) is 3.45. The molecule has 1 aromatic carbocycles. The van der Waals surface area contributed by atoms with Crippen molar-refractivity contribution in [3.63, 3.8) is 0 Å². The van der Waals surface area contributed by atoms with E-state index in [2.05, 4.69) is 16.2 Å². The number of esters is 1. The quantitative estimate of drug-likeness (QED) is 0.643. The minimum absolute atomic E-state index is 0.0129. The van der Waals surface area contributed by atoms with Crippen molar-refractivity contribution < 1.29 is 14.3 Å². The van der Waals surface area contributed by atoms with E-state index < -0.39 is 0 Å². The number of nitrogens with zero attached hydrogens (tertiary/aromatic N) is 1. The molecule has 1 aliphatic rings. The number of hydrogen-bond acceptors (Lipinski definition) is 4. The smallest absolute Gasteiger partial charge is 0.337 e. The lowest BCUT2D eigenvalue weighted by molar-refractivity contribution is -0.126. The molecule has 0 atom stereocenters. The van der Waals surface area contributed by atoms with Gasteiger partial charge < -0.3 is 9.64 Å². The molecule has 1 aromatic heterocycles. The third-order valence-electron chi connectivity index (χ3n) is 3.87. The Morgan fingerprint density at radius 1 is 1.22 bits per heavy atom. The number of thiophene rings is 1. The summed E-state index contributed by atoms with van der Waals surface area (Å²) in [5, 5.41) is 2.08. The number of ether oxygens (including phenoxy) is 1. The van der Waals surface area contributed by atoms with Crippen LogP contribution in [-0.4, -0.2) is 30.4 Å². The second-order valence-corrected chi connectivity index (χ2v) is 6.33. The second-order valence-electron chi connectivity index (χ2n) is 5.33. The summed E-state index contributed by atoms with van der Waals surface area (Å²) >= 11 is 1.76. The van der Waals surface area contributed by atoms with Gasteiger partial charge in [-0.25, -0.2) is 4.79 Å². The summed E-state index contributed by atoms with van der Waals surface area (Å²) in [5.74, 6) is -0.351. The van der Waals surface area contributed by atoms with Gasteiger partial charge in [-0.15, -0.1) is 11.3 Å². The molecular formula is C18H17NO3S. The molecule has 0 aliphatic carbocycles. The first-order valence-corrected chi connectivity index (χ1v) is 8.26. The molecule has 0 saturated heterocycles. The Morgan fingerprint density at radius 2 is 2.00 bits per heavy atom. The van der Waals surface area contributed by atoms with Crippen LogP contribution in [-0.2, 0) is 22.5 Å². The molecule has 118 valence electrons. The lowest BCUT2D eigenvalue weighted by Crippen LogP contribution is -2.34. The maximum Gasteiger partial charge on any atom is 0.337 e. The van der Waals surface area contributed by atoms with E-state index in [0.717, 1.165) is 18.5 Å². The lowest BCUT2D eigenvalue weighted by Gasteiger charge is -2.25. The molecule has 1 amide bonds. The molecule has 0 bridgehead atoms. The van der Waals surface area contributed by atoms with Crippen LogP contribution in [0.25, 0.3) is 6.08 Å². The van der Waals surface area contributed by atoms with Crippen LogP contribution < -0.4 is 0 Å². The molecule has 0 unspecified atom stereocenters. The van der Waals surface area contributed by atoms with Gasteiger partial charge in [0.05, 0.1) is 12.7 Å². The third-order valence-corrected chi connectivity index (χ3v) is 4.89. The maximum absolute atomic E-state index is 12.3. The molecule has 0 N–H and O–H groups in total. The Balaban J connectivity index is 1.64. The predicted molar refractivity (Wildman–Crippen MR) is 90.3 cm³/mol. The van der Waals surface area contributed by atoms with Crippen molar-refractivity contribution in [2.75, 3.05) is 13.7 Å². The van der Waals surface area contributed by atoms with E-state index in [-0.39, 0.29) is 11.9 Å². The van der Waals surface area contributed by atoms with E-state index in [9.17, 15) is 9.59 Å². The van der Waals surface area contributed by atoms with E-state index >= 15 is 0 Å². The number of amides is 1. The SMILES string of the molecule is COC(=O)c1ccc(C=CC(=O)N2CCc3sccc3C2)cc1. The van der Waals surface area contributed by atoms with Crippen molar-refractivity contribution in [2.45, 2.75) is 13.0 Å². The number of benzene rings is 1. The molecule has 2 aromatic rings. The molecule has 23 heavy (non-hydrogen) atoms. The van der Waals surface area contributed by atoms with Crippen LogP contribution in [0.1, 0.15) is 26.4 Å². The summed E-state index contributed by atoms with van der Waals surface area (Å²) in [6.07, 6.45) is 4.29. The number of fused-ring (bicyclic) bond motifs is 1. The zero-order valence-electron chi connectivity index (χ0n) is 12.8. The average Bonchev–Trinajstić information content (AvgIpc) is 3.07. The zero-order chi connectivity index (χ0) is 16.2. The minimum Gasteiger partial charge on any atom is -0.465 e. The number of methoxy groups -OCH3 is 1. The summed E-state index contributed by atoms with van der Waals surface area (Å²) in [7, 11) is 1.35. The first-order valence-electron chi connectivity index (χ1n) is 7.38. The van der Waals surface area contributed by atoms with Gasteiger partial charge in [0.1, 0.15) is 0 Å². The third kappa shape index (κ3) is 3.51. The molecule has 1 aliphatic heterocycles. The molecule has 3 rings (SSSR count). The van der Waals surface area contributed by atoms with Crippen molar-refractivity contribution in [2.24, 2.45) is 0 Å². The number of rotatable bonds is 3. The van der Waals surface area contributed by atoms with Crippen molar-refractivity contribution in [1.29, 1.82) is 0 Å². The molecule has 0 saturated carbocycles. The minimum atomic E-state index is -0.364. The summed E-state index contributed by atoms with van der Waals surface area (Å²) in [6, 6.07) is 9.06. The summed E-state index contributed by atoms with van der Waals surface area (Å²) in [5.41, 5.74) is 2.63. The number of carbonyl (C=O) groups excluding carboxylic acids is 2. The van der Waals surface area contributed by atoms with Crippen molar-refractivity contribution in [3.05, 3.63) is 63.4 Å². The van der Waals surface area contributed by atoms with Crippen LogP contribution in [0.15, 0.2) is 41.8 Å². The predicted octanol–water partition coefficient (Wildman–Crippen LogP) is 3.13. The monoisotopic (exact) mass is 327 g/mol. The Labute approximate surface area is 139 Å². The van der Waals surface area contributed by atoms with Crippen LogP contribution in [0.5, 0.6) is 0 Å². The Hall–Kier alpha value is -2.40.